The van der Waals surface area contributed by atoms with Gasteiger partial charge in [-0.05, 0) is 37.5 Å². The van der Waals surface area contributed by atoms with Gasteiger partial charge in [0, 0.05) is 5.92 Å². The molecule has 2 unspecified atom stereocenters. The van der Waals surface area contributed by atoms with E-state index in [-0.39, 0.29) is 11.8 Å². The molecule has 0 aliphatic heterocycles. The van der Waals surface area contributed by atoms with Gasteiger partial charge >= 0.3 is 5.97 Å². The smallest absolute Gasteiger partial charge is 0.329 e. The van der Waals surface area contributed by atoms with Crippen LogP contribution in [-0.2, 0) is 9.59 Å². The molecule has 0 spiro atoms. The van der Waals surface area contributed by atoms with Crippen molar-refractivity contribution in [2.24, 2.45) is 17.8 Å². The minimum Gasteiger partial charge on any atom is -0.480 e. The summed E-state index contributed by atoms with van der Waals surface area (Å²) >= 11 is 0. The molecule has 1 amide bonds. The molecule has 0 bridgehead atoms. The van der Waals surface area contributed by atoms with Crippen molar-refractivity contribution in [2.45, 2.75) is 56.9 Å². The third-order valence-corrected chi connectivity index (χ3v) is 5.19. The Kier molecular flexibility index (Phi) is 2.83. The molecule has 2 N–H and O–H groups in total. The summed E-state index contributed by atoms with van der Waals surface area (Å²) < 4.78 is 0. The standard InChI is InChI=1S/C14H21NO3/c16-12(11-9-5-4-6-10(9)11)15-14(13(17)18)7-2-1-3-8-14/h9-11H,1-8H2,(H,15,16)(H,17,18). The zero-order valence-corrected chi connectivity index (χ0v) is 10.7. The van der Waals surface area contributed by atoms with Crippen LogP contribution in [-0.4, -0.2) is 22.5 Å². The zero-order valence-electron chi connectivity index (χ0n) is 10.7. The number of hydrogen-bond donors (Lipinski definition) is 2. The summed E-state index contributed by atoms with van der Waals surface area (Å²) in [7, 11) is 0. The fourth-order valence-corrected chi connectivity index (χ4v) is 4.08. The molecule has 4 heteroatoms. The van der Waals surface area contributed by atoms with E-state index >= 15 is 0 Å². The van der Waals surface area contributed by atoms with Crippen molar-refractivity contribution in [3.05, 3.63) is 0 Å². The van der Waals surface area contributed by atoms with Crippen LogP contribution in [0.25, 0.3) is 0 Å². The Morgan fingerprint density at radius 2 is 1.61 bits per heavy atom. The largest absolute Gasteiger partial charge is 0.480 e. The molecule has 3 aliphatic carbocycles. The van der Waals surface area contributed by atoms with Crippen molar-refractivity contribution >= 4 is 11.9 Å². The highest BCUT2D eigenvalue weighted by Crippen LogP contribution is 2.57. The highest BCUT2D eigenvalue weighted by atomic mass is 16.4. The summed E-state index contributed by atoms with van der Waals surface area (Å²) in [5.41, 5.74) is -0.966. The normalized spacial score (nSPS) is 36.8. The molecule has 0 aromatic carbocycles. The van der Waals surface area contributed by atoms with E-state index in [1.165, 1.54) is 6.42 Å². The fraction of sp³-hybridized carbons (Fsp3) is 0.857. The number of carbonyl (C=O) groups excluding carboxylic acids is 1. The van der Waals surface area contributed by atoms with Gasteiger partial charge in [0.25, 0.3) is 0 Å². The molecule has 0 aromatic rings. The number of nitrogens with one attached hydrogen (secondary N) is 1. The average molecular weight is 251 g/mol. The van der Waals surface area contributed by atoms with Gasteiger partial charge in [-0.2, -0.15) is 0 Å². The SMILES string of the molecule is O=C(NC1(C(=O)O)CCCCC1)C1C2CCCC21. The van der Waals surface area contributed by atoms with E-state index in [4.69, 9.17) is 0 Å². The first-order chi connectivity index (χ1) is 8.64. The van der Waals surface area contributed by atoms with Gasteiger partial charge in [-0.1, -0.05) is 25.7 Å². The lowest BCUT2D eigenvalue weighted by Crippen LogP contribution is -2.56. The van der Waals surface area contributed by atoms with E-state index in [0.29, 0.717) is 24.7 Å². The first-order valence-corrected chi connectivity index (χ1v) is 7.19. The predicted molar refractivity (Wildman–Crippen MR) is 65.9 cm³/mol. The molecule has 3 fully saturated rings. The van der Waals surface area contributed by atoms with Crippen molar-refractivity contribution in [1.29, 1.82) is 0 Å². The van der Waals surface area contributed by atoms with Crippen LogP contribution in [0.5, 0.6) is 0 Å². The van der Waals surface area contributed by atoms with Crippen LogP contribution in [0.4, 0.5) is 0 Å². The van der Waals surface area contributed by atoms with Gasteiger partial charge in [-0.25, -0.2) is 4.79 Å². The summed E-state index contributed by atoms with van der Waals surface area (Å²) in [4.78, 5) is 23.7. The monoisotopic (exact) mass is 251 g/mol. The number of carbonyl (C=O) groups is 2. The van der Waals surface area contributed by atoms with Crippen LogP contribution >= 0.6 is 0 Å². The predicted octanol–water partition coefficient (Wildman–Crippen LogP) is 1.94. The Bertz CT molecular complexity index is 363. The maximum atomic E-state index is 12.2. The second-order valence-electron chi connectivity index (χ2n) is 6.22. The molecule has 3 rings (SSSR count). The number of amides is 1. The summed E-state index contributed by atoms with van der Waals surface area (Å²) in [5.74, 6) is 0.395. The minimum absolute atomic E-state index is 0.00833. The molecule has 18 heavy (non-hydrogen) atoms. The molecule has 0 heterocycles. The van der Waals surface area contributed by atoms with Crippen LogP contribution in [0.3, 0.4) is 0 Å². The number of carboxylic acid groups (broad SMARTS) is 1. The van der Waals surface area contributed by atoms with Crippen LogP contribution < -0.4 is 5.32 Å². The molecule has 3 aliphatic rings. The zero-order chi connectivity index (χ0) is 12.8. The van der Waals surface area contributed by atoms with Gasteiger partial charge in [-0.15, -0.1) is 0 Å². The fourth-order valence-electron chi connectivity index (χ4n) is 4.08. The van der Waals surface area contributed by atoms with Crippen molar-refractivity contribution in [3.8, 4) is 0 Å². The number of carboxylic acids is 1. The maximum Gasteiger partial charge on any atom is 0.329 e. The average Bonchev–Trinajstić information content (AvgIpc) is 2.85. The third kappa shape index (κ3) is 1.82. The van der Waals surface area contributed by atoms with Gasteiger partial charge in [0.15, 0.2) is 0 Å². The topological polar surface area (TPSA) is 66.4 Å². The van der Waals surface area contributed by atoms with E-state index in [0.717, 1.165) is 32.1 Å². The summed E-state index contributed by atoms with van der Waals surface area (Å²) in [5, 5.41) is 12.3. The van der Waals surface area contributed by atoms with Crippen molar-refractivity contribution in [3.63, 3.8) is 0 Å². The van der Waals surface area contributed by atoms with Crippen LogP contribution in [0.2, 0.25) is 0 Å². The molecule has 0 aromatic heterocycles. The molecule has 0 radical (unpaired) electrons. The highest BCUT2D eigenvalue weighted by Gasteiger charge is 2.57. The minimum atomic E-state index is -0.966. The van der Waals surface area contributed by atoms with E-state index in [2.05, 4.69) is 5.32 Å². The summed E-state index contributed by atoms with van der Waals surface area (Å²) in [6.45, 7) is 0. The molecular weight excluding hydrogens is 230 g/mol. The Morgan fingerprint density at radius 3 is 2.17 bits per heavy atom. The Labute approximate surface area is 107 Å². The number of rotatable bonds is 3. The molecule has 100 valence electrons. The molecule has 3 saturated carbocycles. The van der Waals surface area contributed by atoms with Gasteiger partial charge in [0.1, 0.15) is 5.54 Å². The molecular formula is C14H21NO3. The van der Waals surface area contributed by atoms with Crippen LogP contribution in [0.1, 0.15) is 51.4 Å². The lowest BCUT2D eigenvalue weighted by atomic mass is 9.81. The van der Waals surface area contributed by atoms with E-state index in [1.807, 2.05) is 0 Å². The van der Waals surface area contributed by atoms with Gasteiger partial charge in [0.2, 0.25) is 5.91 Å². The summed E-state index contributed by atoms with van der Waals surface area (Å²) in [6.07, 6.45) is 7.63. The first-order valence-electron chi connectivity index (χ1n) is 7.19. The molecule has 0 saturated heterocycles. The second kappa shape index (κ2) is 4.25. The lowest BCUT2D eigenvalue weighted by Gasteiger charge is -2.34. The summed E-state index contributed by atoms with van der Waals surface area (Å²) in [6, 6.07) is 0. The van der Waals surface area contributed by atoms with Crippen molar-refractivity contribution < 1.29 is 14.7 Å². The second-order valence-corrected chi connectivity index (χ2v) is 6.22. The maximum absolute atomic E-state index is 12.2. The third-order valence-electron chi connectivity index (χ3n) is 5.19. The Hall–Kier alpha value is -1.06. The van der Waals surface area contributed by atoms with Gasteiger partial charge < -0.3 is 10.4 Å². The molecule has 4 nitrogen and oxygen atoms in total. The molecule has 2 atom stereocenters. The van der Waals surface area contributed by atoms with Gasteiger partial charge in [-0.3, -0.25) is 4.79 Å². The first kappa shape index (κ1) is 12.0. The Morgan fingerprint density at radius 1 is 1.00 bits per heavy atom. The van der Waals surface area contributed by atoms with Crippen LogP contribution in [0, 0.1) is 17.8 Å². The van der Waals surface area contributed by atoms with E-state index in [1.54, 1.807) is 0 Å². The Balaban J connectivity index is 1.66. The quantitative estimate of drug-likeness (QED) is 0.805. The van der Waals surface area contributed by atoms with Crippen molar-refractivity contribution in [1.82, 2.24) is 5.32 Å². The number of fused-ring (bicyclic) bond motifs is 1. The van der Waals surface area contributed by atoms with Gasteiger partial charge in [0.05, 0.1) is 0 Å². The van der Waals surface area contributed by atoms with E-state index < -0.39 is 11.5 Å². The highest BCUT2D eigenvalue weighted by molar-refractivity contribution is 5.89. The van der Waals surface area contributed by atoms with Crippen molar-refractivity contribution in [2.75, 3.05) is 0 Å². The lowest BCUT2D eigenvalue weighted by molar-refractivity contribution is -0.149. The number of hydrogen-bond acceptors (Lipinski definition) is 2. The number of aliphatic carboxylic acids is 1. The van der Waals surface area contributed by atoms with Crippen LogP contribution in [0.15, 0.2) is 0 Å². The van der Waals surface area contributed by atoms with E-state index in [9.17, 15) is 14.7 Å².